The molecule has 4 rings (SSSR count). The van der Waals surface area contributed by atoms with Crippen LogP contribution in [-0.2, 0) is 13.7 Å². The molecule has 7 heteroatoms. The summed E-state index contributed by atoms with van der Waals surface area (Å²) in [6, 6.07) is 6.18. The summed E-state index contributed by atoms with van der Waals surface area (Å²) >= 11 is 0. The van der Waals surface area contributed by atoms with E-state index in [1.54, 1.807) is 30.1 Å². The number of hydrogen-bond donors (Lipinski definition) is 0. The third-order valence-electron chi connectivity index (χ3n) is 3.82. The second-order valence-electron chi connectivity index (χ2n) is 5.59. The fraction of sp³-hybridized carbons (Fsp3) is 0.312. The van der Waals surface area contributed by atoms with Gasteiger partial charge in [-0.3, -0.25) is 4.68 Å². The summed E-state index contributed by atoms with van der Waals surface area (Å²) in [6.45, 7) is 0.149. The molecule has 118 valence electrons. The van der Waals surface area contributed by atoms with E-state index in [9.17, 15) is 4.39 Å². The van der Waals surface area contributed by atoms with Crippen LogP contribution in [0.3, 0.4) is 0 Å². The van der Waals surface area contributed by atoms with Gasteiger partial charge in [0.25, 0.3) is 5.89 Å². The lowest BCUT2D eigenvalue weighted by atomic mass is 10.1. The highest BCUT2D eigenvalue weighted by Crippen LogP contribution is 2.38. The number of rotatable bonds is 5. The van der Waals surface area contributed by atoms with Crippen LogP contribution in [0.4, 0.5) is 4.39 Å². The molecule has 0 aliphatic heterocycles. The maximum absolute atomic E-state index is 13.6. The van der Waals surface area contributed by atoms with E-state index in [0.717, 1.165) is 24.4 Å². The standard InChI is InChI=1S/C16H15FN4O2/c1-21-13(6-7-18-21)12-8-11(17)4-5-14(12)22-9-15-19-16(20-23-15)10-2-3-10/h4-8,10H,2-3,9H2,1H3. The molecule has 1 aliphatic carbocycles. The second kappa shape index (κ2) is 5.49. The van der Waals surface area contributed by atoms with Crippen molar-refractivity contribution >= 4 is 0 Å². The first-order valence-corrected chi connectivity index (χ1v) is 7.44. The molecule has 0 radical (unpaired) electrons. The van der Waals surface area contributed by atoms with E-state index in [-0.39, 0.29) is 12.4 Å². The number of nitrogens with zero attached hydrogens (tertiary/aromatic N) is 4. The maximum Gasteiger partial charge on any atom is 0.264 e. The summed E-state index contributed by atoms with van der Waals surface area (Å²) in [4.78, 5) is 4.32. The van der Waals surface area contributed by atoms with Gasteiger partial charge in [0.15, 0.2) is 12.4 Å². The molecule has 23 heavy (non-hydrogen) atoms. The van der Waals surface area contributed by atoms with Gasteiger partial charge in [-0.15, -0.1) is 0 Å². The van der Waals surface area contributed by atoms with Crippen LogP contribution in [0.15, 0.2) is 35.0 Å². The van der Waals surface area contributed by atoms with Gasteiger partial charge in [-0.05, 0) is 37.1 Å². The smallest absolute Gasteiger partial charge is 0.264 e. The third-order valence-corrected chi connectivity index (χ3v) is 3.82. The Morgan fingerprint density at radius 2 is 2.22 bits per heavy atom. The molecule has 2 aromatic heterocycles. The summed E-state index contributed by atoms with van der Waals surface area (Å²) < 4.78 is 26.2. The monoisotopic (exact) mass is 314 g/mol. The first-order chi connectivity index (χ1) is 11.2. The molecule has 1 saturated carbocycles. The van der Waals surface area contributed by atoms with E-state index in [1.165, 1.54) is 12.1 Å². The summed E-state index contributed by atoms with van der Waals surface area (Å²) in [5.41, 5.74) is 1.40. The molecule has 1 aromatic carbocycles. The molecule has 0 spiro atoms. The molecule has 0 amide bonds. The van der Waals surface area contributed by atoms with Gasteiger partial charge in [0.05, 0.1) is 5.69 Å². The van der Waals surface area contributed by atoms with Crippen LogP contribution >= 0.6 is 0 Å². The second-order valence-corrected chi connectivity index (χ2v) is 5.59. The molecule has 0 unspecified atom stereocenters. The molecule has 6 nitrogen and oxygen atoms in total. The van der Waals surface area contributed by atoms with Crippen molar-refractivity contribution in [3.05, 3.63) is 48.0 Å². The van der Waals surface area contributed by atoms with Crippen LogP contribution < -0.4 is 4.74 Å². The van der Waals surface area contributed by atoms with E-state index < -0.39 is 0 Å². The van der Waals surface area contributed by atoms with Crippen molar-refractivity contribution in [2.75, 3.05) is 0 Å². The van der Waals surface area contributed by atoms with Gasteiger partial charge in [0.1, 0.15) is 11.6 Å². The molecule has 2 heterocycles. The Labute approximate surface area is 131 Å². The first kappa shape index (κ1) is 13.9. The Balaban J connectivity index is 1.57. The molecule has 0 N–H and O–H groups in total. The minimum absolute atomic E-state index is 0.149. The van der Waals surface area contributed by atoms with E-state index in [4.69, 9.17) is 9.26 Å². The van der Waals surface area contributed by atoms with Gasteiger partial charge in [0.2, 0.25) is 0 Å². The van der Waals surface area contributed by atoms with E-state index in [2.05, 4.69) is 15.2 Å². The van der Waals surface area contributed by atoms with Gasteiger partial charge in [-0.1, -0.05) is 5.16 Å². The Bertz CT molecular complexity index is 838. The van der Waals surface area contributed by atoms with Crippen LogP contribution in [-0.4, -0.2) is 19.9 Å². The summed E-state index contributed by atoms with van der Waals surface area (Å²) in [6.07, 6.45) is 3.88. The quantitative estimate of drug-likeness (QED) is 0.724. The minimum Gasteiger partial charge on any atom is -0.483 e. The summed E-state index contributed by atoms with van der Waals surface area (Å²) in [7, 11) is 1.80. The minimum atomic E-state index is -0.331. The number of hydrogen-bond acceptors (Lipinski definition) is 5. The zero-order chi connectivity index (χ0) is 15.8. The van der Waals surface area contributed by atoms with Gasteiger partial charge < -0.3 is 9.26 Å². The van der Waals surface area contributed by atoms with Crippen LogP contribution in [0, 0.1) is 5.82 Å². The zero-order valence-electron chi connectivity index (χ0n) is 12.6. The largest absolute Gasteiger partial charge is 0.483 e. The maximum atomic E-state index is 13.6. The van der Waals surface area contributed by atoms with Crippen molar-refractivity contribution < 1.29 is 13.7 Å². The molecule has 1 aliphatic rings. The molecular weight excluding hydrogens is 299 g/mol. The lowest BCUT2D eigenvalue weighted by molar-refractivity contribution is 0.243. The number of benzene rings is 1. The Hall–Kier alpha value is -2.70. The molecule has 1 fully saturated rings. The predicted molar refractivity (Wildman–Crippen MR) is 79.2 cm³/mol. The molecule has 0 bridgehead atoms. The first-order valence-electron chi connectivity index (χ1n) is 7.44. The van der Waals surface area contributed by atoms with E-state index in [0.29, 0.717) is 23.1 Å². The highest BCUT2D eigenvalue weighted by atomic mass is 19.1. The molecule has 0 atom stereocenters. The fourth-order valence-corrected chi connectivity index (χ4v) is 2.44. The molecular formula is C16H15FN4O2. The average Bonchev–Trinajstić information content (AvgIpc) is 3.13. The van der Waals surface area contributed by atoms with E-state index in [1.807, 2.05) is 0 Å². The molecule has 0 saturated heterocycles. The lowest BCUT2D eigenvalue weighted by Gasteiger charge is -2.10. The number of aromatic nitrogens is 4. The van der Waals surface area contributed by atoms with Crippen LogP contribution in [0.2, 0.25) is 0 Å². The fourth-order valence-electron chi connectivity index (χ4n) is 2.44. The Kier molecular flexibility index (Phi) is 3.33. The summed E-state index contributed by atoms with van der Waals surface area (Å²) in [5, 5.41) is 8.06. The third kappa shape index (κ3) is 2.81. The van der Waals surface area contributed by atoms with Gasteiger partial charge in [0, 0.05) is 24.7 Å². The van der Waals surface area contributed by atoms with Crippen LogP contribution in [0.1, 0.15) is 30.5 Å². The number of aryl methyl sites for hydroxylation is 1. The van der Waals surface area contributed by atoms with E-state index >= 15 is 0 Å². The van der Waals surface area contributed by atoms with Crippen molar-refractivity contribution in [3.8, 4) is 17.0 Å². The topological polar surface area (TPSA) is 66.0 Å². The SMILES string of the molecule is Cn1nccc1-c1cc(F)ccc1OCc1nc(C2CC2)no1. The summed E-state index contributed by atoms with van der Waals surface area (Å²) in [5.74, 6) is 1.81. The van der Waals surface area contributed by atoms with Crippen LogP contribution in [0.25, 0.3) is 11.3 Å². The van der Waals surface area contributed by atoms with Crippen molar-refractivity contribution in [1.82, 2.24) is 19.9 Å². The zero-order valence-corrected chi connectivity index (χ0v) is 12.6. The normalized spacial score (nSPS) is 14.2. The molecule has 3 aromatic rings. The average molecular weight is 314 g/mol. The highest BCUT2D eigenvalue weighted by Gasteiger charge is 2.28. The Morgan fingerprint density at radius 1 is 1.35 bits per heavy atom. The predicted octanol–water partition coefficient (Wildman–Crippen LogP) is 3.07. The van der Waals surface area contributed by atoms with Crippen LogP contribution in [0.5, 0.6) is 5.75 Å². The van der Waals surface area contributed by atoms with Crippen molar-refractivity contribution in [1.29, 1.82) is 0 Å². The number of ether oxygens (including phenoxy) is 1. The number of halogens is 1. The van der Waals surface area contributed by atoms with Crippen molar-refractivity contribution in [2.24, 2.45) is 7.05 Å². The van der Waals surface area contributed by atoms with Gasteiger partial charge in [-0.25, -0.2) is 4.39 Å². The van der Waals surface area contributed by atoms with Gasteiger partial charge >= 0.3 is 0 Å². The van der Waals surface area contributed by atoms with Gasteiger partial charge in [-0.2, -0.15) is 10.1 Å². The Morgan fingerprint density at radius 3 is 2.96 bits per heavy atom. The highest BCUT2D eigenvalue weighted by molar-refractivity contribution is 5.67. The van der Waals surface area contributed by atoms with Crippen molar-refractivity contribution in [3.63, 3.8) is 0 Å². The lowest BCUT2D eigenvalue weighted by Crippen LogP contribution is -2.00. The van der Waals surface area contributed by atoms with Crippen molar-refractivity contribution in [2.45, 2.75) is 25.4 Å².